The highest BCUT2D eigenvalue weighted by atomic mass is 16.5. The Morgan fingerprint density at radius 1 is 1.21 bits per heavy atom. The lowest BCUT2D eigenvalue weighted by Crippen LogP contribution is -2.17. The molecule has 0 amide bonds. The SMILES string of the molecule is CCOC(=O)c1c(O)cc(C2CCCCC2)n1Cc1ccccc1. The summed E-state index contributed by atoms with van der Waals surface area (Å²) in [5.74, 6) is -0.0190. The molecule has 1 aliphatic rings. The Hall–Kier alpha value is -2.23. The third kappa shape index (κ3) is 3.48. The normalized spacial score (nSPS) is 15.4. The van der Waals surface area contributed by atoms with Crippen LogP contribution in [0.3, 0.4) is 0 Å². The van der Waals surface area contributed by atoms with Crippen LogP contribution in [-0.4, -0.2) is 22.2 Å². The van der Waals surface area contributed by atoms with Gasteiger partial charge in [0.05, 0.1) is 6.61 Å². The van der Waals surface area contributed by atoms with Crippen LogP contribution in [-0.2, 0) is 11.3 Å². The molecule has 1 aromatic heterocycles. The van der Waals surface area contributed by atoms with Gasteiger partial charge in [0.2, 0.25) is 0 Å². The summed E-state index contributed by atoms with van der Waals surface area (Å²) in [6.45, 7) is 2.65. The Morgan fingerprint density at radius 3 is 2.58 bits per heavy atom. The minimum absolute atomic E-state index is 0.0324. The minimum atomic E-state index is -0.451. The lowest BCUT2D eigenvalue weighted by Gasteiger charge is -2.24. The quantitative estimate of drug-likeness (QED) is 0.825. The molecule has 0 unspecified atom stereocenters. The van der Waals surface area contributed by atoms with Crippen molar-refractivity contribution < 1.29 is 14.6 Å². The summed E-state index contributed by atoms with van der Waals surface area (Å²) in [5.41, 5.74) is 2.44. The van der Waals surface area contributed by atoms with E-state index in [0.29, 0.717) is 19.1 Å². The van der Waals surface area contributed by atoms with Crippen molar-refractivity contribution in [1.29, 1.82) is 0 Å². The summed E-state index contributed by atoms with van der Waals surface area (Å²) < 4.78 is 7.13. The number of nitrogens with zero attached hydrogens (tertiary/aromatic N) is 1. The van der Waals surface area contributed by atoms with Gasteiger partial charge in [0.15, 0.2) is 5.69 Å². The van der Waals surface area contributed by atoms with E-state index < -0.39 is 5.97 Å². The van der Waals surface area contributed by atoms with E-state index in [9.17, 15) is 9.90 Å². The van der Waals surface area contributed by atoms with Gasteiger partial charge in [0.1, 0.15) is 5.75 Å². The van der Waals surface area contributed by atoms with Gasteiger partial charge in [-0.1, -0.05) is 49.6 Å². The average molecular weight is 327 g/mol. The first-order chi connectivity index (χ1) is 11.7. The summed E-state index contributed by atoms with van der Waals surface area (Å²) in [5, 5.41) is 10.4. The summed E-state index contributed by atoms with van der Waals surface area (Å²) in [7, 11) is 0. The van der Waals surface area contributed by atoms with E-state index in [1.807, 2.05) is 34.9 Å². The molecule has 0 atom stereocenters. The van der Waals surface area contributed by atoms with Gasteiger partial charge in [0.25, 0.3) is 0 Å². The molecule has 24 heavy (non-hydrogen) atoms. The fraction of sp³-hybridized carbons (Fsp3) is 0.450. The average Bonchev–Trinajstić information content (AvgIpc) is 2.93. The highest BCUT2D eigenvalue weighted by molar-refractivity contribution is 5.91. The Morgan fingerprint density at radius 2 is 1.92 bits per heavy atom. The number of aromatic nitrogens is 1. The van der Waals surface area contributed by atoms with E-state index in [-0.39, 0.29) is 11.4 Å². The number of hydrogen-bond acceptors (Lipinski definition) is 3. The predicted molar refractivity (Wildman–Crippen MR) is 93.4 cm³/mol. The molecule has 3 rings (SSSR count). The van der Waals surface area contributed by atoms with Gasteiger partial charge in [-0.2, -0.15) is 0 Å². The van der Waals surface area contributed by atoms with Gasteiger partial charge in [-0.3, -0.25) is 0 Å². The zero-order valence-electron chi connectivity index (χ0n) is 14.2. The molecular formula is C20H25NO3. The smallest absolute Gasteiger partial charge is 0.358 e. The Kier molecular flexibility index (Phi) is 5.24. The molecule has 2 aromatic rings. The number of ether oxygens (including phenoxy) is 1. The zero-order valence-corrected chi connectivity index (χ0v) is 14.2. The zero-order chi connectivity index (χ0) is 16.9. The van der Waals surface area contributed by atoms with E-state index in [4.69, 9.17) is 4.74 Å². The molecule has 1 saturated carbocycles. The van der Waals surface area contributed by atoms with Crippen LogP contribution in [0.2, 0.25) is 0 Å². The van der Waals surface area contributed by atoms with E-state index in [0.717, 1.165) is 24.1 Å². The molecule has 0 bridgehead atoms. The van der Waals surface area contributed by atoms with E-state index in [2.05, 4.69) is 0 Å². The van der Waals surface area contributed by atoms with Crippen LogP contribution < -0.4 is 0 Å². The standard InChI is InChI=1S/C20H25NO3/c1-2-24-20(23)19-18(22)13-17(16-11-7-4-8-12-16)21(19)14-15-9-5-3-6-10-15/h3,5-6,9-10,13,16,22H,2,4,7-8,11-12,14H2,1H3. The number of hydrogen-bond donors (Lipinski definition) is 1. The fourth-order valence-electron chi connectivity index (χ4n) is 3.64. The first kappa shape index (κ1) is 16.6. The molecular weight excluding hydrogens is 302 g/mol. The number of carbonyl (C=O) groups excluding carboxylic acids is 1. The van der Waals surface area contributed by atoms with Crippen molar-refractivity contribution >= 4 is 5.97 Å². The lowest BCUT2D eigenvalue weighted by molar-refractivity contribution is 0.0510. The third-order valence-electron chi connectivity index (χ3n) is 4.78. The van der Waals surface area contributed by atoms with Crippen molar-refractivity contribution in [3.05, 3.63) is 53.3 Å². The molecule has 1 N–H and O–H groups in total. The molecule has 4 heteroatoms. The number of aromatic hydroxyl groups is 1. The fourth-order valence-corrected chi connectivity index (χ4v) is 3.64. The van der Waals surface area contributed by atoms with Crippen molar-refractivity contribution in [1.82, 2.24) is 4.57 Å². The van der Waals surface area contributed by atoms with Crippen LogP contribution in [0.15, 0.2) is 36.4 Å². The Bertz CT molecular complexity index is 684. The minimum Gasteiger partial charge on any atom is -0.505 e. The van der Waals surface area contributed by atoms with Gasteiger partial charge < -0.3 is 14.4 Å². The summed E-state index contributed by atoms with van der Waals surface area (Å²) in [6.07, 6.45) is 5.90. The van der Waals surface area contributed by atoms with Crippen molar-refractivity contribution in [3.8, 4) is 5.75 Å². The number of rotatable bonds is 5. The Labute approximate surface area is 143 Å². The van der Waals surface area contributed by atoms with Crippen LogP contribution in [0.5, 0.6) is 5.75 Å². The van der Waals surface area contributed by atoms with Gasteiger partial charge in [-0.15, -0.1) is 0 Å². The Balaban J connectivity index is 2.01. The van der Waals surface area contributed by atoms with Crippen LogP contribution in [0.1, 0.15) is 66.7 Å². The predicted octanol–water partition coefficient (Wildman–Crippen LogP) is 4.47. The van der Waals surface area contributed by atoms with Gasteiger partial charge in [0, 0.05) is 18.3 Å². The molecule has 1 aromatic carbocycles. The number of carbonyl (C=O) groups is 1. The second-order valence-electron chi connectivity index (χ2n) is 6.43. The first-order valence-electron chi connectivity index (χ1n) is 8.84. The van der Waals surface area contributed by atoms with Crippen LogP contribution in [0.4, 0.5) is 0 Å². The monoisotopic (exact) mass is 327 g/mol. The molecule has 1 aliphatic carbocycles. The second kappa shape index (κ2) is 7.56. The van der Waals surface area contributed by atoms with E-state index in [1.54, 1.807) is 13.0 Å². The summed E-state index contributed by atoms with van der Waals surface area (Å²) in [6, 6.07) is 11.8. The number of benzene rings is 1. The van der Waals surface area contributed by atoms with Crippen LogP contribution >= 0.6 is 0 Å². The highest BCUT2D eigenvalue weighted by Crippen LogP contribution is 2.37. The van der Waals surface area contributed by atoms with Crippen molar-refractivity contribution in [3.63, 3.8) is 0 Å². The largest absolute Gasteiger partial charge is 0.505 e. The molecule has 1 fully saturated rings. The van der Waals surface area contributed by atoms with Gasteiger partial charge in [-0.05, 0) is 31.2 Å². The van der Waals surface area contributed by atoms with Crippen molar-refractivity contribution in [2.45, 2.75) is 51.5 Å². The maximum absolute atomic E-state index is 12.4. The highest BCUT2D eigenvalue weighted by Gasteiger charge is 2.27. The summed E-state index contributed by atoms with van der Waals surface area (Å²) in [4.78, 5) is 12.4. The molecule has 4 nitrogen and oxygen atoms in total. The van der Waals surface area contributed by atoms with Crippen molar-refractivity contribution in [2.75, 3.05) is 6.61 Å². The summed E-state index contributed by atoms with van der Waals surface area (Å²) >= 11 is 0. The molecule has 1 heterocycles. The molecule has 128 valence electrons. The number of esters is 1. The van der Waals surface area contributed by atoms with E-state index >= 15 is 0 Å². The van der Waals surface area contributed by atoms with Crippen LogP contribution in [0.25, 0.3) is 0 Å². The van der Waals surface area contributed by atoms with Gasteiger partial charge in [-0.25, -0.2) is 4.79 Å². The maximum atomic E-state index is 12.4. The molecule has 0 saturated heterocycles. The van der Waals surface area contributed by atoms with Crippen LogP contribution in [0, 0.1) is 0 Å². The molecule has 0 radical (unpaired) electrons. The van der Waals surface area contributed by atoms with Gasteiger partial charge >= 0.3 is 5.97 Å². The lowest BCUT2D eigenvalue weighted by atomic mass is 9.87. The first-order valence-corrected chi connectivity index (χ1v) is 8.84. The van der Waals surface area contributed by atoms with Crippen molar-refractivity contribution in [2.24, 2.45) is 0 Å². The third-order valence-corrected chi connectivity index (χ3v) is 4.78. The molecule has 0 spiro atoms. The van der Waals surface area contributed by atoms with E-state index in [1.165, 1.54) is 19.3 Å². The second-order valence-corrected chi connectivity index (χ2v) is 6.43. The molecule has 0 aliphatic heterocycles. The maximum Gasteiger partial charge on any atom is 0.358 e. The topological polar surface area (TPSA) is 51.5 Å².